The second-order valence-electron chi connectivity index (χ2n) is 4.73. The van der Waals surface area contributed by atoms with Gasteiger partial charge in [0.2, 0.25) is 0 Å². The van der Waals surface area contributed by atoms with Crippen molar-refractivity contribution in [2.45, 2.75) is 38.1 Å². The molecule has 2 saturated heterocycles. The van der Waals surface area contributed by atoms with Crippen LogP contribution in [0.25, 0.3) is 0 Å². The average Bonchev–Trinajstić information content (AvgIpc) is 2.88. The summed E-state index contributed by atoms with van der Waals surface area (Å²) in [6.07, 6.45) is 6.29. The number of rotatable bonds is 4. The van der Waals surface area contributed by atoms with Crippen LogP contribution in [0.1, 0.15) is 32.1 Å². The van der Waals surface area contributed by atoms with Gasteiger partial charge in [-0.2, -0.15) is 5.26 Å². The molecule has 84 valence electrons. The molecule has 2 heterocycles. The van der Waals surface area contributed by atoms with Gasteiger partial charge >= 0.3 is 0 Å². The van der Waals surface area contributed by atoms with Crippen molar-refractivity contribution in [3.63, 3.8) is 0 Å². The molecule has 0 aromatic rings. The normalized spacial score (nSPS) is 28.3. The molecular formula is C12H21N3. The van der Waals surface area contributed by atoms with Gasteiger partial charge in [-0.05, 0) is 58.3 Å². The number of nitrogens with zero attached hydrogens (tertiary/aromatic N) is 3. The summed E-state index contributed by atoms with van der Waals surface area (Å²) in [6, 6.07) is 2.62. The highest BCUT2D eigenvalue weighted by Gasteiger charge is 2.23. The predicted molar refractivity (Wildman–Crippen MR) is 60.5 cm³/mol. The van der Waals surface area contributed by atoms with Gasteiger partial charge in [-0.25, -0.2) is 0 Å². The van der Waals surface area contributed by atoms with E-state index in [4.69, 9.17) is 5.26 Å². The maximum Gasteiger partial charge on any atom is 0.0978 e. The van der Waals surface area contributed by atoms with Gasteiger partial charge in [0.05, 0.1) is 12.1 Å². The molecule has 2 rings (SSSR count). The topological polar surface area (TPSA) is 30.3 Å². The Morgan fingerprint density at radius 2 is 1.87 bits per heavy atom. The van der Waals surface area contributed by atoms with Gasteiger partial charge in [-0.1, -0.05) is 0 Å². The van der Waals surface area contributed by atoms with Gasteiger partial charge in [-0.15, -0.1) is 0 Å². The van der Waals surface area contributed by atoms with E-state index in [2.05, 4.69) is 15.9 Å². The van der Waals surface area contributed by atoms with E-state index < -0.39 is 0 Å². The number of nitriles is 1. The first-order valence-electron chi connectivity index (χ1n) is 6.26. The zero-order chi connectivity index (χ0) is 10.5. The molecule has 2 fully saturated rings. The van der Waals surface area contributed by atoms with Gasteiger partial charge in [0.1, 0.15) is 0 Å². The lowest BCUT2D eigenvalue weighted by atomic mass is 10.2. The standard InChI is InChI=1S/C12H21N3/c13-11-12-5-3-9-15(12)10-4-8-14-6-1-2-7-14/h12H,1-10H2. The Kier molecular flexibility index (Phi) is 3.99. The first-order valence-corrected chi connectivity index (χ1v) is 6.26. The second-order valence-corrected chi connectivity index (χ2v) is 4.73. The maximum absolute atomic E-state index is 8.95. The minimum absolute atomic E-state index is 0.212. The van der Waals surface area contributed by atoms with Gasteiger partial charge in [0, 0.05) is 6.54 Å². The van der Waals surface area contributed by atoms with Gasteiger partial charge in [-0.3, -0.25) is 4.90 Å². The Bertz CT molecular complexity index is 228. The molecule has 0 N–H and O–H groups in total. The maximum atomic E-state index is 8.95. The molecule has 0 spiro atoms. The van der Waals surface area contributed by atoms with Crippen LogP contribution in [0.4, 0.5) is 0 Å². The summed E-state index contributed by atoms with van der Waals surface area (Å²) in [6.45, 7) is 6.07. The molecule has 3 nitrogen and oxygen atoms in total. The van der Waals surface area contributed by atoms with E-state index in [1.165, 1.54) is 45.3 Å². The molecule has 0 aliphatic carbocycles. The van der Waals surface area contributed by atoms with Gasteiger partial charge in [0.25, 0.3) is 0 Å². The summed E-state index contributed by atoms with van der Waals surface area (Å²) in [5.41, 5.74) is 0. The molecule has 2 aliphatic heterocycles. The fourth-order valence-corrected chi connectivity index (χ4v) is 2.74. The van der Waals surface area contributed by atoms with E-state index >= 15 is 0 Å². The van der Waals surface area contributed by atoms with Crippen molar-refractivity contribution in [2.24, 2.45) is 0 Å². The van der Waals surface area contributed by atoms with Crippen molar-refractivity contribution in [1.82, 2.24) is 9.80 Å². The zero-order valence-electron chi connectivity index (χ0n) is 9.49. The first kappa shape index (κ1) is 10.9. The van der Waals surface area contributed by atoms with E-state index in [-0.39, 0.29) is 6.04 Å². The summed E-state index contributed by atoms with van der Waals surface area (Å²) in [5.74, 6) is 0. The third-order valence-electron chi connectivity index (χ3n) is 3.63. The summed E-state index contributed by atoms with van der Waals surface area (Å²) in [5, 5.41) is 8.95. The molecule has 0 saturated carbocycles. The quantitative estimate of drug-likeness (QED) is 0.699. The molecule has 0 radical (unpaired) electrons. The Balaban J connectivity index is 1.62. The van der Waals surface area contributed by atoms with Crippen molar-refractivity contribution >= 4 is 0 Å². The predicted octanol–water partition coefficient (Wildman–Crippen LogP) is 1.46. The minimum atomic E-state index is 0.212. The van der Waals surface area contributed by atoms with Crippen LogP contribution in [-0.2, 0) is 0 Å². The molecule has 1 unspecified atom stereocenters. The highest BCUT2D eigenvalue weighted by atomic mass is 15.2. The number of likely N-dealkylation sites (tertiary alicyclic amines) is 2. The van der Waals surface area contributed by atoms with Crippen LogP contribution in [-0.4, -0.2) is 48.6 Å². The number of hydrogen-bond acceptors (Lipinski definition) is 3. The third kappa shape index (κ3) is 2.93. The van der Waals surface area contributed by atoms with Crippen molar-refractivity contribution in [3.8, 4) is 6.07 Å². The largest absolute Gasteiger partial charge is 0.303 e. The van der Waals surface area contributed by atoms with Crippen molar-refractivity contribution in [1.29, 1.82) is 5.26 Å². The molecule has 0 amide bonds. The van der Waals surface area contributed by atoms with Crippen LogP contribution in [0, 0.1) is 11.3 Å². The smallest absolute Gasteiger partial charge is 0.0978 e. The molecule has 3 heteroatoms. The Hall–Kier alpha value is -0.590. The fraction of sp³-hybridized carbons (Fsp3) is 0.917. The van der Waals surface area contributed by atoms with Crippen LogP contribution in [0.2, 0.25) is 0 Å². The van der Waals surface area contributed by atoms with E-state index in [1.807, 2.05) is 0 Å². The number of hydrogen-bond donors (Lipinski definition) is 0. The molecule has 0 bridgehead atoms. The van der Waals surface area contributed by atoms with E-state index in [0.717, 1.165) is 19.5 Å². The lowest BCUT2D eigenvalue weighted by Crippen LogP contribution is -2.31. The molecular weight excluding hydrogens is 186 g/mol. The van der Waals surface area contributed by atoms with Crippen LogP contribution >= 0.6 is 0 Å². The summed E-state index contributed by atoms with van der Waals surface area (Å²) in [7, 11) is 0. The van der Waals surface area contributed by atoms with Crippen molar-refractivity contribution < 1.29 is 0 Å². The highest BCUT2D eigenvalue weighted by Crippen LogP contribution is 2.16. The lowest BCUT2D eigenvalue weighted by Gasteiger charge is -2.21. The second kappa shape index (κ2) is 5.48. The molecule has 15 heavy (non-hydrogen) atoms. The van der Waals surface area contributed by atoms with Crippen molar-refractivity contribution in [2.75, 3.05) is 32.7 Å². The zero-order valence-corrected chi connectivity index (χ0v) is 9.49. The molecule has 1 atom stereocenters. The average molecular weight is 207 g/mol. The molecule has 0 aromatic carbocycles. The summed E-state index contributed by atoms with van der Waals surface area (Å²) in [4.78, 5) is 4.91. The summed E-state index contributed by atoms with van der Waals surface area (Å²) < 4.78 is 0. The van der Waals surface area contributed by atoms with E-state index in [0.29, 0.717) is 0 Å². The van der Waals surface area contributed by atoms with E-state index in [9.17, 15) is 0 Å². The molecule has 2 aliphatic rings. The highest BCUT2D eigenvalue weighted by molar-refractivity contribution is 4.95. The third-order valence-corrected chi connectivity index (χ3v) is 3.63. The van der Waals surface area contributed by atoms with E-state index in [1.54, 1.807) is 0 Å². The Morgan fingerprint density at radius 1 is 1.07 bits per heavy atom. The van der Waals surface area contributed by atoms with Gasteiger partial charge < -0.3 is 4.90 Å². The van der Waals surface area contributed by atoms with Crippen LogP contribution < -0.4 is 0 Å². The first-order chi connectivity index (χ1) is 7.40. The fourth-order valence-electron chi connectivity index (χ4n) is 2.74. The van der Waals surface area contributed by atoms with Crippen LogP contribution in [0.5, 0.6) is 0 Å². The van der Waals surface area contributed by atoms with Gasteiger partial charge in [0.15, 0.2) is 0 Å². The summed E-state index contributed by atoms with van der Waals surface area (Å²) >= 11 is 0. The Labute approximate surface area is 92.7 Å². The molecule has 0 aromatic heterocycles. The Morgan fingerprint density at radius 3 is 2.60 bits per heavy atom. The van der Waals surface area contributed by atoms with Crippen LogP contribution in [0.3, 0.4) is 0 Å². The van der Waals surface area contributed by atoms with Crippen LogP contribution in [0.15, 0.2) is 0 Å². The minimum Gasteiger partial charge on any atom is -0.303 e. The SMILES string of the molecule is N#CC1CCCN1CCCN1CCCC1. The monoisotopic (exact) mass is 207 g/mol. The lowest BCUT2D eigenvalue weighted by molar-refractivity contribution is 0.257. The van der Waals surface area contributed by atoms with Crippen molar-refractivity contribution in [3.05, 3.63) is 0 Å².